The number of aromatic nitrogens is 1. The quantitative estimate of drug-likeness (QED) is 0.765. The molecule has 1 aromatic carbocycles. The molecule has 2 N–H and O–H groups in total. The van der Waals surface area contributed by atoms with Crippen LogP contribution in [0.5, 0.6) is 0 Å². The van der Waals surface area contributed by atoms with Gasteiger partial charge in [-0.2, -0.15) is 0 Å². The van der Waals surface area contributed by atoms with E-state index in [0.717, 1.165) is 24.9 Å². The number of nitrogens with one attached hydrogen (secondary N) is 1. The van der Waals surface area contributed by atoms with Crippen molar-refractivity contribution in [1.82, 2.24) is 10.3 Å². The van der Waals surface area contributed by atoms with Crippen molar-refractivity contribution in [2.45, 2.75) is 25.9 Å². The summed E-state index contributed by atoms with van der Waals surface area (Å²) in [5, 5.41) is 13.9. The number of fused-ring (bicyclic) bond motifs is 1. The second-order valence-corrected chi connectivity index (χ2v) is 4.51. The van der Waals surface area contributed by atoms with Crippen LogP contribution >= 0.6 is 0 Å². The van der Waals surface area contributed by atoms with Gasteiger partial charge in [0.15, 0.2) is 0 Å². The summed E-state index contributed by atoms with van der Waals surface area (Å²) >= 11 is 0. The molecule has 0 fully saturated rings. The van der Waals surface area contributed by atoms with Crippen LogP contribution in [0.25, 0.3) is 10.9 Å². The first kappa shape index (κ1) is 13.0. The zero-order valence-corrected chi connectivity index (χ0v) is 10.8. The zero-order chi connectivity index (χ0) is 12.8. The van der Waals surface area contributed by atoms with E-state index >= 15 is 0 Å². The average Bonchev–Trinajstić information content (AvgIpc) is 2.43. The smallest absolute Gasteiger partial charge is 0.0734 e. The van der Waals surface area contributed by atoms with Gasteiger partial charge < -0.3 is 10.4 Å². The molecule has 1 atom stereocenters. The van der Waals surface area contributed by atoms with Gasteiger partial charge in [0.05, 0.1) is 11.6 Å². The Hall–Kier alpha value is -1.45. The van der Waals surface area contributed by atoms with Crippen LogP contribution in [-0.2, 0) is 6.42 Å². The Balaban J connectivity index is 1.95. The fourth-order valence-corrected chi connectivity index (χ4v) is 2.01. The van der Waals surface area contributed by atoms with Crippen molar-refractivity contribution in [3.05, 3.63) is 42.1 Å². The minimum atomic E-state index is -0.240. The normalized spacial score (nSPS) is 12.8. The van der Waals surface area contributed by atoms with Gasteiger partial charge >= 0.3 is 0 Å². The summed E-state index contributed by atoms with van der Waals surface area (Å²) in [5.41, 5.74) is 2.34. The molecule has 2 aromatic rings. The standard InChI is InChI=1S/C15H20N2O/c1-2-14(18)11-16-10-8-13-6-3-5-12-7-4-9-17-15(12)13/h3-7,9,14,16,18H,2,8,10-11H2,1H3. The minimum Gasteiger partial charge on any atom is -0.392 e. The average molecular weight is 244 g/mol. The fourth-order valence-electron chi connectivity index (χ4n) is 2.01. The van der Waals surface area contributed by atoms with Crippen molar-refractivity contribution in [3.8, 4) is 0 Å². The van der Waals surface area contributed by atoms with E-state index in [1.807, 2.05) is 19.2 Å². The van der Waals surface area contributed by atoms with Crippen LogP contribution in [0.2, 0.25) is 0 Å². The van der Waals surface area contributed by atoms with Crippen molar-refractivity contribution in [3.63, 3.8) is 0 Å². The predicted molar refractivity (Wildman–Crippen MR) is 74.6 cm³/mol. The molecule has 18 heavy (non-hydrogen) atoms. The topological polar surface area (TPSA) is 45.1 Å². The number of nitrogens with zero attached hydrogens (tertiary/aromatic N) is 1. The fraction of sp³-hybridized carbons (Fsp3) is 0.400. The summed E-state index contributed by atoms with van der Waals surface area (Å²) in [6.07, 6.45) is 3.32. The molecule has 3 nitrogen and oxygen atoms in total. The SMILES string of the molecule is CCC(O)CNCCc1cccc2cccnc12. The number of rotatable bonds is 6. The van der Waals surface area contributed by atoms with E-state index in [-0.39, 0.29) is 6.10 Å². The van der Waals surface area contributed by atoms with Crippen molar-refractivity contribution in [2.75, 3.05) is 13.1 Å². The minimum absolute atomic E-state index is 0.240. The molecule has 0 radical (unpaired) electrons. The van der Waals surface area contributed by atoms with Crippen LogP contribution in [0.3, 0.4) is 0 Å². The Bertz CT molecular complexity index is 493. The molecule has 1 unspecified atom stereocenters. The zero-order valence-electron chi connectivity index (χ0n) is 10.8. The molecule has 0 saturated heterocycles. The molecule has 0 bridgehead atoms. The lowest BCUT2D eigenvalue weighted by Gasteiger charge is -2.10. The highest BCUT2D eigenvalue weighted by atomic mass is 16.3. The molecule has 0 aliphatic heterocycles. The summed E-state index contributed by atoms with van der Waals surface area (Å²) < 4.78 is 0. The third-order valence-corrected chi connectivity index (χ3v) is 3.14. The van der Waals surface area contributed by atoms with Crippen LogP contribution in [0.1, 0.15) is 18.9 Å². The molecule has 2 rings (SSSR count). The number of hydrogen-bond acceptors (Lipinski definition) is 3. The molecule has 0 aliphatic carbocycles. The number of pyridine rings is 1. The van der Waals surface area contributed by atoms with E-state index in [4.69, 9.17) is 0 Å². The van der Waals surface area contributed by atoms with Gasteiger partial charge in [0.1, 0.15) is 0 Å². The van der Waals surface area contributed by atoms with Gasteiger partial charge in [0.25, 0.3) is 0 Å². The van der Waals surface area contributed by atoms with Gasteiger partial charge in [-0.1, -0.05) is 31.2 Å². The highest BCUT2D eigenvalue weighted by Crippen LogP contribution is 2.15. The lowest BCUT2D eigenvalue weighted by molar-refractivity contribution is 0.168. The Morgan fingerprint density at radius 2 is 2.11 bits per heavy atom. The molecule has 1 aromatic heterocycles. The molecule has 0 saturated carbocycles. The largest absolute Gasteiger partial charge is 0.392 e. The number of benzene rings is 1. The van der Waals surface area contributed by atoms with Gasteiger partial charge in [0.2, 0.25) is 0 Å². The van der Waals surface area contributed by atoms with Gasteiger partial charge in [-0.3, -0.25) is 4.98 Å². The van der Waals surface area contributed by atoms with Crippen LogP contribution in [0, 0.1) is 0 Å². The molecule has 0 aliphatic rings. The first-order valence-corrected chi connectivity index (χ1v) is 6.52. The van der Waals surface area contributed by atoms with E-state index in [9.17, 15) is 5.11 Å². The first-order chi connectivity index (χ1) is 8.81. The van der Waals surface area contributed by atoms with E-state index in [1.54, 1.807) is 0 Å². The summed E-state index contributed by atoms with van der Waals surface area (Å²) in [4.78, 5) is 4.43. The van der Waals surface area contributed by atoms with E-state index in [2.05, 4.69) is 34.6 Å². The second kappa shape index (κ2) is 6.47. The van der Waals surface area contributed by atoms with Gasteiger partial charge in [-0.25, -0.2) is 0 Å². The maximum atomic E-state index is 9.45. The van der Waals surface area contributed by atoms with Crippen molar-refractivity contribution in [2.24, 2.45) is 0 Å². The van der Waals surface area contributed by atoms with E-state index < -0.39 is 0 Å². The Morgan fingerprint density at radius 3 is 2.94 bits per heavy atom. The molecule has 3 heteroatoms. The summed E-state index contributed by atoms with van der Waals surface area (Å²) in [6, 6.07) is 10.3. The molecule has 0 spiro atoms. The predicted octanol–water partition coefficient (Wildman–Crippen LogP) is 2.14. The van der Waals surface area contributed by atoms with E-state index in [0.29, 0.717) is 6.54 Å². The summed E-state index contributed by atoms with van der Waals surface area (Å²) in [5.74, 6) is 0. The summed E-state index contributed by atoms with van der Waals surface area (Å²) in [6.45, 7) is 3.52. The van der Waals surface area contributed by atoms with Crippen LogP contribution in [0.4, 0.5) is 0 Å². The third kappa shape index (κ3) is 3.28. The Morgan fingerprint density at radius 1 is 1.28 bits per heavy atom. The van der Waals surface area contributed by atoms with Crippen molar-refractivity contribution >= 4 is 10.9 Å². The van der Waals surface area contributed by atoms with E-state index in [1.165, 1.54) is 10.9 Å². The highest BCUT2D eigenvalue weighted by molar-refractivity contribution is 5.81. The lowest BCUT2D eigenvalue weighted by Crippen LogP contribution is -2.27. The first-order valence-electron chi connectivity index (χ1n) is 6.52. The number of aliphatic hydroxyl groups is 1. The van der Waals surface area contributed by atoms with Crippen molar-refractivity contribution in [1.29, 1.82) is 0 Å². The third-order valence-electron chi connectivity index (χ3n) is 3.14. The van der Waals surface area contributed by atoms with Crippen LogP contribution in [0.15, 0.2) is 36.5 Å². The molecular formula is C15H20N2O. The maximum absolute atomic E-state index is 9.45. The Kier molecular flexibility index (Phi) is 4.67. The monoisotopic (exact) mass is 244 g/mol. The van der Waals surface area contributed by atoms with Crippen LogP contribution < -0.4 is 5.32 Å². The van der Waals surface area contributed by atoms with Crippen molar-refractivity contribution < 1.29 is 5.11 Å². The molecule has 0 amide bonds. The number of aliphatic hydroxyl groups excluding tert-OH is 1. The van der Waals surface area contributed by atoms with Gasteiger partial charge in [-0.05, 0) is 31.0 Å². The van der Waals surface area contributed by atoms with Gasteiger partial charge in [-0.15, -0.1) is 0 Å². The second-order valence-electron chi connectivity index (χ2n) is 4.51. The maximum Gasteiger partial charge on any atom is 0.0734 e. The molecular weight excluding hydrogens is 224 g/mol. The lowest BCUT2D eigenvalue weighted by atomic mass is 10.1. The summed E-state index contributed by atoms with van der Waals surface area (Å²) in [7, 11) is 0. The van der Waals surface area contributed by atoms with Gasteiger partial charge in [0, 0.05) is 18.1 Å². The Labute approximate surface area is 108 Å². The molecule has 96 valence electrons. The number of hydrogen-bond donors (Lipinski definition) is 2. The number of para-hydroxylation sites is 1. The van der Waals surface area contributed by atoms with Crippen LogP contribution in [-0.4, -0.2) is 29.3 Å². The molecule has 1 heterocycles. The highest BCUT2D eigenvalue weighted by Gasteiger charge is 2.02.